The van der Waals surface area contributed by atoms with Crippen molar-refractivity contribution in [2.45, 2.75) is 46.6 Å². The molecule has 3 heteroatoms. The van der Waals surface area contributed by atoms with E-state index in [9.17, 15) is 0 Å². The summed E-state index contributed by atoms with van der Waals surface area (Å²) in [5.41, 5.74) is 0.344. The van der Waals surface area contributed by atoms with Crippen LogP contribution in [0.25, 0.3) is 0 Å². The van der Waals surface area contributed by atoms with Gasteiger partial charge in [0.1, 0.15) is 0 Å². The summed E-state index contributed by atoms with van der Waals surface area (Å²) in [5, 5.41) is 3.66. The third-order valence-electron chi connectivity index (χ3n) is 4.27. The predicted molar refractivity (Wildman–Crippen MR) is 84.6 cm³/mol. The Hall–Kier alpha value is -0.120. The zero-order valence-electron chi connectivity index (χ0n) is 14.0. The molecule has 1 saturated heterocycles. The van der Waals surface area contributed by atoms with Gasteiger partial charge in [-0.25, -0.2) is 0 Å². The molecule has 19 heavy (non-hydrogen) atoms. The van der Waals surface area contributed by atoms with Crippen molar-refractivity contribution in [1.82, 2.24) is 15.1 Å². The molecule has 1 unspecified atom stereocenters. The maximum Gasteiger partial charge on any atom is 0.0243 e. The van der Waals surface area contributed by atoms with Crippen molar-refractivity contribution in [3.63, 3.8) is 0 Å². The van der Waals surface area contributed by atoms with E-state index in [-0.39, 0.29) is 0 Å². The Kier molecular flexibility index (Phi) is 6.78. The Balaban J connectivity index is 2.38. The molecule has 0 radical (unpaired) electrons. The number of hydrogen-bond acceptors (Lipinski definition) is 3. The molecular formula is C16H35N3. The number of piperidine rings is 1. The zero-order chi connectivity index (χ0) is 14.5. The molecule has 114 valence electrons. The van der Waals surface area contributed by atoms with Crippen LogP contribution in [0.15, 0.2) is 0 Å². The third kappa shape index (κ3) is 6.24. The average Bonchev–Trinajstić information content (AvgIpc) is 2.29. The number of hydrogen-bond donors (Lipinski definition) is 1. The third-order valence-corrected chi connectivity index (χ3v) is 4.27. The lowest BCUT2D eigenvalue weighted by atomic mass is 9.85. The summed E-state index contributed by atoms with van der Waals surface area (Å²) in [6.45, 7) is 15.3. The van der Waals surface area contributed by atoms with Gasteiger partial charge >= 0.3 is 0 Å². The fourth-order valence-corrected chi connectivity index (χ4v) is 3.02. The molecule has 1 N–H and O–H groups in total. The van der Waals surface area contributed by atoms with Gasteiger partial charge in [-0.1, -0.05) is 27.7 Å². The summed E-state index contributed by atoms with van der Waals surface area (Å²) in [6, 6.07) is 0.600. The minimum absolute atomic E-state index is 0.344. The van der Waals surface area contributed by atoms with E-state index in [2.05, 4.69) is 56.9 Å². The smallest absolute Gasteiger partial charge is 0.0243 e. The Labute approximate surface area is 120 Å². The van der Waals surface area contributed by atoms with Crippen LogP contribution in [-0.2, 0) is 0 Å². The molecule has 1 heterocycles. The number of rotatable bonds is 6. The van der Waals surface area contributed by atoms with Gasteiger partial charge in [0.05, 0.1) is 0 Å². The lowest BCUT2D eigenvalue weighted by Gasteiger charge is -2.39. The highest BCUT2D eigenvalue weighted by Gasteiger charge is 2.28. The first-order valence-corrected chi connectivity index (χ1v) is 7.93. The Morgan fingerprint density at radius 3 is 2.21 bits per heavy atom. The van der Waals surface area contributed by atoms with Crippen LogP contribution >= 0.6 is 0 Å². The fraction of sp³-hybridized carbons (Fsp3) is 1.00. The average molecular weight is 269 g/mol. The van der Waals surface area contributed by atoms with Gasteiger partial charge in [0.2, 0.25) is 0 Å². The van der Waals surface area contributed by atoms with Crippen molar-refractivity contribution in [3.05, 3.63) is 0 Å². The summed E-state index contributed by atoms with van der Waals surface area (Å²) >= 11 is 0. The molecule has 0 saturated carbocycles. The van der Waals surface area contributed by atoms with Gasteiger partial charge in [-0.05, 0) is 57.9 Å². The Morgan fingerprint density at radius 1 is 1.21 bits per heavy atom. The standard InChI is InChI=1S/C16H35N3/c1-7-17-15(16(2,3)4)13-19-10-8-14(9-11-19)12-18(5)6/h14-15,17H,7-13H2,1-6H3. The zero-order valence-corrected chi connectivity index (χ0v) is 14.0. The lowest BCUT2D eigenvalue weighted by Crippen LogP contribution is -2.50. The van der Waals surface area contributed by atoms with Gasteiger partial charge in [-0.3, -0.25) is 0 Å². The molecule has 3 nitrogen and oxygen atoms in total. The first-order chi connectivity index (χ1) is 8.82. The number of nitrogens with zero attached hydrogens (tertiary/aromatic N) is 2. The van der Waals surface area contributed by atoms with Gasteiger partial charge in [0.25, 0.3) is 0 Å². The molecular weight excluding hydrogens is 234 g/mol. The Morgan fingerprint density at radius 2 is 1.79 bits per heavy atom. The van der Waals surface area contributed by atoms with E-state index in [0.717, 1.165) is 12.5 Å². The van der Waals surface area contributed by atoms with Crippen molar-refractivity contribution >= 4 is 0 Å². The number of nitrogens with one attached hydrogen (secondary N) is 1. The maximum atomic E-state index is 3.66. The lowest BCUT2D eigenvalue weighted by molar-refractivity contribution is 0.123. The van der Waals surface area contributed by atoms with Crippen LogP contribution in [0.4, 0.5) is 0 Å². The molecule has 1 fully saturated rings. The number of likely N-dealkylation sites (N-methyl/N-ethyl adjacent to an activating group) is 1. The van der Waals surface area contributed by atoms with Crippen LogP contribution in [0.2, 0.25) is 0 Å². The molecule has 0 aliphatic carbocycles. The first-order valence-electron chi connectivity index (χ1n) is 7.93. The topological polar surface area (TPSA) is 18.5 Å². The van der Waals surface area contributed by atoms with Crippen molar-refractivity contribution in [3.8, 4) is 0 Å². The molecule has 1 rings (SSSR count). The molecule has 0 bridgehead atoms. The second-order valence-corrected chi connectivity index (χ2v) is 7.48. The highest BCUT2D eigenvalue weighted by atomic mass is 15.2. The molecule has 0 aromatic carbocycles. The van der Waals surface area contributed by atoms with Crippen molar-refractivity contribution in [1.29, 1.82) is 0 Å². The molecule has 0 spiro atoms. The summed E-state index contributed by atoms with van der Waals surface area (Å²) in [4.78, 5) is 4.99. The van der Waals surface area contributed by atoms with E-state index >= 15 is 0 Å². The van der Waals surface area contributed by atoms with Gasteiger partial charge in [0.15, 0.2) is 0 Å². The van der Waals surface area contributed by atoms with Gasteiger partial charge in [0, 0.05) is 19.1 Å². The van der Waals surface area contributed by atoms with E-state index < -0.39 is 0 Å². The summed E-state index contributed by atoms with van der Waals surface area (Å²) < 4.78 is 0. The quantitative estimate of drug-likeness (QED) is 0.798. The molecule has 1 aliphatic heterocycles. The van der Waals surface area contributed by atoms with E-state index in [1.165, 1.54) is 39.0 Å². The largest absolute Gasteiger partial charge is 0.312 e. The van der Waals surface area contributed by atoms with Crippen molar-refractivity contribution in [2.24, 2.45) is 11.3 Å². The van der Waals surface area contributed by atoms with E-state index in [1.807, 2.05) is 0 Å². The highest BCUT2D eigenvalue weighted by molar-refractivity contribution is 4.85. The van der Waals surface area contributed by atoms with Crippen LogP contribution in [0.3, 0.4) is 0 Å². The molecule has 0 amide bonds. The normalized spacial score (nSPS) is 21.0. The number of likely N-dealkylation sites (tertiary alicyclic amines) is 1. The maximum absolute atomic E-state index is 3.66. The Bertz CT molecular complexity index is 237. The van der Waals surface area contributed by atoms with Crippen LogP contribution in [-0.4, -0.2) is 62.7 Å². The van der Waals surface area contributed by atoms with Crippen molar-refractivity contribution < 1.29 is 0 Å². The molecule has 0 aromatic heterocycles. The second kappa shape index (κ2) is 7.61. The predicted octanol–water partition coefficient (Wildman–Crippen LogP) is 2.28. The minimum atomic E-state index is 0.344. The monoisotopic (exact) mass is 269 g/mol. The van der Waals surface area contributed by atoms with Gasteiger partial charge in [-0.15, -0.1) is 0 Å². The first kappa shape index (κ1) is 16.9. The van der Waals surface area contributed by atoms with Crippen LogP contribution in [0.1, 0.15) is 40.5 Å². The summed E-state index contributed by atoms with van der Waals surface area (Å²) in [5.74, 6) is 0.901. The van der Waals surface area contributed by atoms with Crippen LogP contribution < -0.4 is 5.32 Å². The van der Waals surface area contributed by atoms with Crippen LogP contribution in [0, 0.1) is 11.3 Å². The second-order valence-electron chi connectivity index (χ2n) is 7.48. The minimum Gasteiger partial charge on any atom is -0.312 e. The molecule has 1 aliphatic rings. The fourth-order valence-electron chi connectivity index (χ4n) is 3.02. The highest BCUT2D eigenvalue weighted by Crippen LogP contribution is 2.23. The van der Waals surface area contributed by atoms with Crippen LogP contribution in [0.5, 0.6) is 0 Å². The van der Waals surface area contributed by atoms with Gasteiger partial charge < -0.3 is 15.1 Å². The summed E-state index contributed by atoms with van der Waals surface area (Å²) in [7, 11) is 4.38. The van der Waals surface area contributed by atoms with E-state index in [1.54, 1.807) is 0 Å². The van der Waals surface area contributed by atoms with Gasteiger partial charge in [-0.2, -0.15) is 0 Å². The molecule has 0 aromatic rings. The van der Waals surface area contributed by atoms with Crippen molar-refractivity contribution in [2.75, 3.05) is 46.8 Å². The summed E-state index contributed by atoms with van der Waals surface area (Å²) in [6.07, 6.45) is 2.72. The SMILES string of the molecule is CCNC(CN1CCC(CN(C)C)CC1)C(C)(C)C. The molecule has 1 atom stereocenters. The van der Waals surface area contributed by atoms with E-state index in [0.29, 0.717) is 11.5 Å². The van der Waals surface area contributed by atoms with E-state index in [4.69, 9.17) is 0 Å².